The van der Waals surface area contributed by atoms with Crippen molar-refractivity contribution < 1.29 is 45.9 Å². The van der Waals surface area contributed by atoms with Crippen LogP contribution in [0.15, 0.2) is 103 Å². The van der Waals surface area contributed by atoms with Gasteiger partial charge in [0.25, 0.3) is 11.8 Å². The maximum absolute atomic E-state index is 15.7. The second-order valence-corrected chi connectivity index (χ2v) is 20.6. The number of benzene rings is 4. The van der Waals surface area contributed by atoms with E-state index < -0.39 is 75.4 Å². The molecule has 2 atom stereocenters. The van der Waals surface area contributed by atoms with Gasteiger partial charge in [-0.05, 0) is 129 Å². The molecule has 4 amide bonds. The Bertz CT molecular complexity index is 3210. The molecule has 2 aliphatic heterocycles. The maximum Gasteiger partial charge on any atom is 0.420 e. The van der Waals surface area contributed by atoms with Gasteiger partial charge in [0.1, 0.15) is 41.4 Å². The van der Waals surface area contributed by atoms with Crippen molar-refractivity contribution in [2.24, 2.45) is 5.41 Å². The predicted octanol–water partition coefficient (Wildman–Crippen LogP) is 10.3. The molecule has 13 nitrogen and oxygen atoms in total. The van der Waals surface area contributed by atoms with Crippen LogP contribution in [0.2, 0.25) is 0 Å². The van der Waals surface area contributed by atoms with Gasteiger partial charge in [-0.2, -0.15) is 18.4 Å². The number of aromatic nitrogens is 2. The molecule has 4 aromatic carbocycles. The van der Waals surface area contributed by atoms with Gasteiger partial charge in [-0.25, -0.2) is 13.8 Å². The van der Waals surface area contributed by atoms with E-state index in [9.17, 15) is 37.6 Å². The number of thiazole rings is 1. The lowest BCUT2D eigenvalue weighted by molar-refractivity contribution is -0.142. The van der Waals surface area contributed by atoms with E-state index in [0.29, 0.717) is 52.5 Å². The first-order valence-corrected chi connectivity index (χ1v) is 24.6. The Labute approximate surface area is 433 Å². The maximum atomic E-state index is 15.7. The number of nitrogens with one attached hydrogen (secondary N) is 2. The number of thiocarbonyl (C=S) groups is 1. The summed E-state index contributed by atoms with van der Waals surface area (Å²) in [6, 6.07) is 23.1. The summed E-state index contributed by atoms with van der Waals surface area (Å²) < 4.78 is 78.5. The zero-order chi connectivity index (χ0) is 53.4. The number of pyridine rings is 1. The molecule has 0 spiro atoms. The van der Waals surface area contributed by atoms with Crippen LogP contribution in [0.25, 0.3) is 21.7 Å². The minimum atomic E-state index is -5.21. The number of alkyl halides is 3. The van der Waals surface area contributed by atoms with E-state index in [1.54, 1.807) is 80.1 Å². The molecule has 2 aromatic heterocycles. The Morgan fingerprint density at radius 3 is 2.24 bits per heavy atom. The largest absolute Gasteiger partial charge is 0.489 e. The molecule has 2 fully saturated rings. The number of nitrogens with zero attached hydrogens (tertiary/aromatic N) is 6. The second-order valence-electron chi connectivity index (χ2n) is 19.4. The molecule has 6 aromatic rings. The van der Waals surface area contributed by atoms with Crippen LogP contribution in [0, 0.1) is 35.3 Å². The zero-order valence-electron chi connectivity index (χ0n) is 40.9. The molecule has 2 unspecified atom stereocenters. The van der Waals surface area contributed by atoms with Gasteiger partial charge in [0.05, 0.1) is 56.5 Å². The Hall–Kier alpha value is -7.63. The average Bonchev–Trinajstić information content (AvgIpc) is 4.07. The highest BCUT2D eigenvalue weighted by Gasteiger charge is 2.52. The lowest BCUT2D eigenvalue weighted by Crippen LogP contribution is -2.57. The third kappa shape index (κ3) is 10.6. The van der Waals surface area contributed by atoms with Crippen LogP contribution in [0.1, 0.15) is 85.8 Å². The standard InChI is InChI=1S/C54H49F5N8O5S2/c1-30-45(74-29-63-30)34-12-9-31(10-13-34)26-62-48(69)42-8-7-23-65(42)49(70)46(52(2,3)4)64-47(68)38-20-11-32(24-39(38)55)28-72-37-18-14-33(15-19-37)40-21-17-36(27-61-40)67-51(73)66(50(71)53(67,5)6)41-22-16-35(25-60)43(44(41)56)54(57,58)59/h9-22,24,27,29,42,46H,7-8,23,26,28H2,1-6H3,(H,62,69)(H,64,68). The number of amides is 4. The van der Waals surface area contributed by atoms with Gasteiger partial charge in [-0.3, -0.25) is 29.1 Å². The Balaban J connectivity index is 0.866. The highest BCUT2D eigenvalue weighted by Crippen LogP contribution is 2.42. The summed E-state index contributed by atoms with van der Waals surface area (Å²) in [5, 5.41) is 14.6. The number of anilines is 2. The summed E-state index contributed by atoms with van der Waals surface area (Å²) in [6.07, 6.45) is -2.74. The molecule has 0 radical (unpaired) electrons. The Kier molecular flexibility index (Phi) is 14.7. The molecule has 20 heteroatoms. The number of halogens is 5. The second kappa shape index (κ2) is 20.7. The Morgan fingerprint density at radius 2 is 1.64 bits per heavy atom. The fraction of sp³-hybridized carbons (Fsp3) is 0.296. The summed E-state index contributed by atoms with van der Waals surface area (Å²) in [5.41, 5.74) is 0.526. The van der Waals surface area contributed by atoms with Crippen molar-refractivity contribution in [3.05, 3.63) is 148 Å². The van der Waals surface area contributed by atoms with Crippen LogP contribution < -0.4 is 25.2 Å². The molecule has 2 N–H and O–H groups in total. The van der Waals surface area contributed by atoms with Crippen molar-refractivity contribution >= 4 is 63.7 Å². The number of hydrogen-bond acceptors (Lipinski definition) is 10. The molecule has 2 aliphatic rings. The van der Waals surface area contributed by atoms with Crippen molar-refractivity contribution in [3.8, 4) is 33.5 Å². The van der Waals surface area contributed by atoms with Gasteiger partial charge in [0, 0.05) is 18.7 Å². The summed E-state index contributed by atoms with van der Waals surface area (Å²) in [7, 11) is 0. The molecule has 4 heterocycles. The molecule has 0 bridgehead atoms. The molecular weight excluding hydrogens is 1000 g/mol. The normalized spacial score (nSPS) is 16.0. The lowest BCUT2D eigenvalue weighted by atomic mass is 9.85. The smallest absolute Gasteiger partial charge is 0.420 e. The third-order valence-corrected chi connectivity index (χ3v) is 14.3. The molecule has 0 saturated carbocycles. The van der Waals surface area contributed by atoms with Crippen LogP contribution in [0.5, 0.6) is 5.75 Å². The molecule has 8 rings (SSSR count). The highest BCUT2D eigenvalue weighted by molar-refractivity contribution is 7.81. The third-order valence-electron chi connectivity index (χ3n) is 12.9. The van der Waals surface area contributed by atoms with E-state index in [0.717, 1.165) is 33.8 Å². The van der Waals surface area contributed by atoms with E-state index >= 15 is 8.78 Å². The Morgan fingerprint density at radius 1 is 0.946 bits per heavy atom. The van der Waals surface area contributed by atoms with Crippen molar-refractivity contribution in [1.82, 2.24) is 25.5 Å². The number of hydrogen-bond donors (Lipinski definition) is 2. The summed E-state index contributed by atoms with van der Waals surface area (Å²) in [6.45, 7) is 10.8. The van der Waals surface area contributed by atoms with Gasteiger partial charge in [0.15, 0.2) is 10.9 Å². The minimum absolute atomic E-state index is 0.0599. The number of ether oxygens (including phenoxy) is 1. The number of likely N-dealkylation sites (tertiary alicyclic amines) is 1. The first-order chi connectivity index (χ1) is 35.0. The first-order valence-electron chi connectivity index (χ1n) is 23.3. The highest BCUT2D eigenvalue weighted by atomic mass is 32.1. The van der Waals surface area contributed by atoms with Crippen molar-refractivity contribution in [2.75, 3.05) is 16.3 Å². The summed E-state index contributed by atoms with van der Waals surface area (Å²) >= 11 is 7.10. The molecule has 2 saturated heterocycles. The van der Waals surface area contributed by atoms with Gasteiger partial charge in [-0.15, -0.1) is 11.3 Å². The molecule has 0 aliphatic carbocycles. The van der Waals surface area contributed by atoms with Crippen molar-refractivity contribution in [1.29, 1.82) is 5.26 Å². The van der Waals surface area contributed by atoms with Crippen molar-refractivity contribution in [3.63, 3.8) is 0 Å². The lowest BCUT2D eigenvalue weighted by Gasteiger charge is -2.35. The fourth-order valence-corrected chi connectivity index (χ4v) is 10.3. The molecule has 74 heavy (non-hydrogen) atoms. The molecular formula is C54H49F5N8O5S2. The fourth-order valence-electron chi connectivity index (χ4n) is 8.95. The predicted molar refractivity (Wildman–Crippen MR) is 273 cm³/mol. The van der Waals surface area contributed by atoms with Crippen LogP contribution >= 0.6 is 23.6 Å². The van der Waals surface area contributed by atoms with Crippen molar-refractivity contribution in [2.45, 2.75) is 91.3 Å². The van der Waals surface area contributed by atoms with Gasteiger partial charge in [0.2, 0.25) is 11.8 Å². The van der Waals surface area contributed by atoms with E-state index in [1.165, 1.54) is 48.0 Å². The number of aryl methyl sites for hydroxylation is 1. The van der Waals surface area contributed by atoms with Gasteiger partial charge >= 0.3 is 6.18 Å². The summed E-state index contributed by atoms with van der Waals surface area (Å²) in [5.74, 6) is -4.52. The average molecular weight is 1050 g/mol. The topological polar surface area (TPSA) is 161 Å². The SMILES string of the molecule is Cc1ncsc1-c1ccc(CNC(=O)C2CCCN2C(=O)C(NC(=O)c2ccc(COc3ccc(-c4ccc(N5C(=S)N(c6ccc(C#N)c(C(F)(F)F)c6F)C(=O)C5(C)C)cn4)cc3)cc2F)C(C)(C)C)cc1. The van der Waals surface area contributed by atoms with E-state index in [1.807, 2.05) is 31.2 Å². The number of carbonyl (C=O) groups excluding carboxylic acids is 4. The number of carbonyl (C=O) groups is 4. The van der Waals surface area contributed by atoms with E-state index in [4.69, 9.17) is 17.0 Å². The van der Waals surface area contributed by atoms with Crippen LogP contribution in [-0.2, 0) is 33.7 Å². The quantitative estimate of drug-likeness (QED) is 0.0842. The first kappa shape index (κ1) is 52.7. The minimum Gasteiger partial charge on any atom is -0.489 e. The van der Waals surface area contributed by atoms with Crippen LogP contribution in [-0.4, -0.2) is 67.8 Å². The van der Waals surface area contributed by atoms with Crippen LogP contribution in [0.3, 0.4) is 0 Å². The number of nitriles is 1. The summed E-state index contributed by atoms with van der Waals surface area (Å²) in [4.78, 5) is 68.3. The van der Waals surface area contributed by atoms with Crippen LogP contribution in [0.4, 0.5) is 33.3 Å². The van der Waals surface area contributed by atoms with Gasteiger partial charge in [-0.1, -0.05) is 51.1 Å². The monoisotopic (exact) mass is 1050 g/mol. The molecule has 382 valence electrons. The van der Waals surface area contributed by atoms with Gasteiger partial charge < -0.3 is 25.2 Å². The van der Waals surface area contributed by atoms with E-state index in [-0.39, 0.29) is 29.7 Å². The zero-order valence-corrected chi connectivity index (χ0v) is 42.6. The number of rotatable bonds is 13. The van der Waals surface area contributed by atoms with E-state index in [2.05, 4.69) is 20.6 Å².